The van der Waals surface area contributed by atoms with E-state index in [4.69, 9.17) is 0 Å². The minimum atomic E-state index is -0.165. The van der Waals surface area contributed by atoms with E-state index in [2.05, 4.69) is 35.7 Å². The number of halogens is 1. The fourth-order valence-electron chi connectivity index (χ4n) is 2.74. The second-order valence-electron chi connectivity index (χ2n) is 5.24. The molecule has 1 atom stereocenters. The summed E-state index contributed by atoms with van der Waals surface area (Å²) in [6, 6.07) is 17.8. The maximum absolute atomic E-state index is 13.3. The Kier molecular flexibility index (Phi) is 3.93. The lowest BCUT2D eigenvalue weighted by Gasteiger charge is -2.24. The predicted molar refractivity (Wildman–Crippen MR) is 80.9 cm³/mol. The predicted octanol–water partition coefficient (Wildman–Crippen LogP) is 3.81. The SMILES string of the molecule is Fc1cccc(C2=CCNC(Cc3ccccc3)C2)c1. The summed E-state index contributed by atoms with van der Waals surface area (Å²) in [5, 5.41) is 3.51. The van der Waals surface area contributed by atoms with E-state index in [1.165, 1.54) is 17.2 Å². The van der Waals surface area contributed by atoms with Crippen LogP contribution < -0.4 is 5.32 Å². The third-order valence-electron chi connectivity index (χ3n) is 3.74. The van der Waals surface area contributed by atoms with Gasteiger partial charge in [0, 0.05) is 12.6 Å². The standard InChI is InChI=1S/C18H18FN/c19-17-8-4-7-15(12-17)16-9-10-20-18(13-16)11-14-5-2-1-3-6-14/h1-9,12,18,20H,10-11,13H2. The molecule has 0 aromatic heterocycles. The lowest BCUT2D eigenvalue weighted by atomic mass is 9.92. The lowest BCUT2D eigenvalue weighted by Crippen LogP contribution is -2.34. The monoisotopic (exact) mass is 267 g/mol. The van der Waals surface area contributed by atoms with Gasteiger partial charge in [-0.15, -0.1) is 0 Å². The molecule has 0 bridgehead atoms. The summed E-state index contributed by atoms with van der Waals surface area (Å²) < 4.78 is 13.3. The fraction of sp³-hybridized carbons (Fsp3) is 0.222. The molecule has 0 radical (unpaired) electrons. The molecule has 0 saturated heterocycles. The fourth-order valence-corrected chi connectivity index (χ4v) is 2.74. The van der Waals surface area contributed by atoms with Crippen LogP contribution in [0.1, 0.15) is 17.5 Å². The maximum Gasteiger partial charge on any atom is 0.123 e. The Hall–Kier alpha value is -1.93. The zero-order valence-corrected chi connectivity index (χ0v) is 11.4. The summed E-state index contributed by atoms with van der Waals surface area (Å²) in [4.78, 5) is 0. The van der Waals surface area contributed by atoms with Crippen molar-refractivity contribution in [1.82, 2.24) is 5.32 Å². The Morgan fingerprint density at radius 3 is 2.70 bits per heavy atom. The van der Waals surface area contributed by atoms with E-state index < -0.39 is 0 Å². The van der Waals surface area contributed by atoms with Crippen LogP contribution in [0.2, 0.25) is 0 Å². The summed E-state index contributed by atoms with van der Waals surface area (Å²) in [5.74, 6) is -0.165. The first-order valence-electron chi connectivity index (χ1n) is 7.03. The first-order valence-corrected chi connectivity index (χ1v) is 7.03. The molecule has 1 heterocycles. The van der Waals surface area contributed by atoms with Gasteiger partial charge in [0.05, 0.1) is 0 Å². The van der Waals surface area contributed by atoms with Gasteiger partial charge in [-0.05, 0) is 41.7 Å². The molecular weight excluding hydrogens is 249 g/mol. The van der Waals surface area contributed by atoms with Crippen molar-refractivity contribution in [3.8, 4) is 0 Å². The zero-order valence-electron chi connectivity index (χ0n) is 11.4. The van der Waals surface area contributed by atoms with Crippen LogP contribution >= 0.6 is 0 Å². The van der Waals surface area contributed by atoms with Crippen LogP contribution in [0.15, 0.2) is 60.7 Å². The summed E-state index contributed by atoms with van der Waals surface area (Å²) >= 11 is 0. The maximum atomic E-state index is 13.3. The van der Waals surface area contributed by atoms with Crippen molar-refractivity contribution < 1.29 is 4.39 Å². The van der Waals surface area contributed by atoms with Crippen LogP contribution in [0, 0.1) is 5.82 Å². The summed E-state index contributed by atoms with van der Waals surface area (Å²) in [6.07, 6.45) is 4.11. The minimum absolute atomic E-state index is 0.165. The smallest absolute Gasteiger partial charge is 0.123 e. The number of hydrogen-bond acceptors (Lipinski definition) is 1. The van der Waals surface area contributed by atoms with Gasteiger partial charge in [0.1, 0.15) is 5.82 Å². The van der Waals surface area contributed by atoms with E-state index in [9.17, 15) is 4.39 Å². The Balaban J connectivity index is 1.72. The van der Waals surface area contributed by atoms with Crippen molar-refractivity contribution in [1.29, 1.82) is 0 Å². The molecule has 2 aromatic carbocycles. The van der Waals surface area contributed by atoms with Crippen LogP contribution in [-0.4, -0.2) is 12.6 Å². The quantitative estimate of drug-likeness (QED) is 0.891. The van der Waals surface area contributed by atoms with Gasteiger partial charge in [0.2, 0.25) is 0 Å². The second kappa shape index (κ2) is 6.02. The van der Waals surface area contributed by atoms with E-state index in [0.717, 1.165) is 24.9 Å². The van der Waals surface area contributed by atoms with Gasteiger partial charge >= 0.3 is 0 Å². The normalized spacial score (nSPS) is 18.6. The molecule has 20 heavy (non-hydrogen) atoms. The molecule has 1 aliphatic heterocycles. The number of benzene rings is 2. The Morgan fingerprint density at radius 2 is 1.90 bits per heavy atom. The molecule has 0 saturated carbocycles. The Morgan fingerprint density at radius 1 is 1.05 bits per heavy atom. The molecule has 1 aliphatic rings. The van der Waals surface area contributed by atoms with Crippen molar-refractivity contribution in [3.05, 3.63) is 77.6 Å². The molecule has 2 aromatic rings. The third kappa shape index (κ3) is 3.14. The van der Waals surface area contributed by atoms with Crippen LogP contribution in [0.25, 0.3) is 5.57 Å². The molecule has 0 amide bonds. The minimum Gasteiger partial charge on any atom is -0.310 e. The first-order chi connectivity index (χ1) is 9.81. The molecule has 0 aliphatic carbocycles. The lowest BCUT2D eigenvalue weighted by molar-refractivity contribution is 0.533. The van der Waals surface area contributed by atoms with E-state index in [-0.39, 0.29) is 5.82 Å². The zero-order chi connectivity index (χ0) is 13.8. The van der Waals surface area contributed by atoms with E-state index in [1.807, 2.05) is 12.1 Å². The number of nitrogens with one attached hydrogen (secondary N) is 1. The van der Waals surface area contributed by atoms with Gasteiger partial charge in [-0.25, -0.2) is 4.39 Å². The molecule has 1 nitrogen and oxygen atoms in total. The molecule has 0 spiro atoms. The van der Waals surface area contributed by atoms with Crippen molar-refractivity contribution in [2.45, 2.75) is 18.9 Å². The average molecular weight is 267 g/mol. The summed E-state index contributed by atoms with van der Waals surface area (Å²) in [7, 11) is 0. The molecule has 2 heteroatoms. The van der Waals surface area contributed by atoms with Gasteiger partial charge in [-0.1, -0.05) is 48.5 Å². The van der Waals surface area contributed by atoms with Crippen molar-refractivity contribution in [3.63, 3.8) is 0 Å². The van der Waals surface area contributed by atoms with Crippen molar-refractivity contribution in [2.24, 2.45) is 0 Å². The topological polar surface area (TPSA) is 12.0 Å². The highest BCUT2D eigenvalue weighted by molar-refractivity contribution is 5.67. The van der Waals surface area contributed by atoms with Gasteiger partial charge in [0.15, 0.2) is 0 Å². The largest absolute Gasteiger partial charge is 0.310 e. The molecular formula is C18H18FN. The number of hydrogen-bond donors (Lipinski definition) is 1. The third-order valence-corrected chi connectivity index (χ3v) is 3.74. The summed E-state index contributed by atoms with van der Waals surface area (Å²) in [6.45, 7) is 0.851. The van der Waals surface area contributed by atoms with Crippen molar-refractivity contribution >= 4 is 5.57 Å². The van der Waals surface area contributed by atoms with Crippen LogP contribution in [-0.2, 0) is 6.42 Å². The Bertz CT molecular complexity index is 604. The summed E-state index contributed by atoms with van der Waals surface area (Å²) in [5.41, 5.74) is 3.58. The van der Waals surface area contributed by atoms with E-state index >= 15 is 0 Å². The highest BCUT2D eigenvalue weighted by Gasteiger charge is 2.16. The highest BCUT2D eigenvalue weighted by atomic mass is 19.1. The van der Waals surface area contributed by atoms with Crippen LogP contribution in [0.4, 0.5) is 4.39 Å². The number of rotatable bonds is 3. The van der Waals surface area contributed by atoms with Gasteiger partial charge < -0.3 is 5.32 Å². The molecule has 102 valence electrons. The van der Waals surface area contributed by atoms with E-state index in [0.29, 0.717) is 6.04 Å². The second-order valence-corrected chi connectivity index (χ2v) is 5.24. The molecule has 0 fully saturated rings. The molecule has 1 unspecified atom stereocenters. The Labute approximate surface area is 119 Å². The highest BCUT2D eigenvalue weighted by Crippen LogP contribution is 2.24. The van der Waals surface area contributed by atoms with Gasteiger partial charge in [0.25, 0.3) is 0 Å². The first kappa shape index (κ1) is 13.1. The van der Waals surface area contributed by atoms with Gasteiger partial charge in [-0.3, -0.25) is 0 Å². The van der Waals surface area contributed by atoms with Crippen molar-refractivity contribution in [2.75, 3.05) is 6.54 Å². The average Bonchev–Trinajstić information content (AvgIpc) is 2.49. The molecule has 1 N–H and O–H groups in total. The van der Waals surface area contributed by atoms with Crippen LogP contribution in [0.3, 0.4) is 0 Å². The van der Waals surface area contributed by atoms with E-state index in [1.54, 1.807) is 12.1 Å². The van der Waals surface area contributed by atoms with Gasteiger partial charge in [-0.2, -0.15) is 0 Å². The molecule has 3 rings (SSSR count). The van der Waals surface area contributed by atoms with Crippen LogP contribution in [0.5, 0.6) is 0 Å².